The maximum Gasteiger partial charge on any atom is 0.330 e. The molecule has 0 N–H and O–H groups in total. The number of carbonyl (C=O) groups is 1. The van der Waals surface area contributed by atoms with Crippen LogP contribution in [0.1, 0.15) is 24.8 Å². The molecule has 0 amide bonds. The van der Waals surface area contributed by atoms with Crippen LogP contribution in [0.25, 0.3) is 6.08 Å². The number of esters is 1. The molecule has 1 saturated heterocycles. The Labute approximate surface area is 122 Å². The summed E-state index contributed by atoms with van der Waals surface area (Å²) in [6, 6.07) is 6.05. The van der Waals surface area contributed by atoms with Gasteiger partial charge in [0, 0.05) is 24.8 Å². The molecule has 6 heteroatoms. The molecular formula is C15H17NO5. The van der Waals surface area contributed by atoms with Crippen LogP contribution in [-0.2, 0) is 14.3 Å². The Morgan fingerprint density at radius 1 is 1.48 bits per heavy atom. The lowest BCUT2D eigenvalue weighted by molar-refractivity contribution is -0.384. The van der Waals surface area contributed by atoms with Gasteiger partial charge >= 0.3 is 5.97 Å². The summed E-state index contributed by atoms with van der Waals surface area (Å²) in [4.78, 5) is 21.7. The average Bonchev–Trinajstić information content (AvgIpc) is 2.52. The highest BCUT2D eigenvalue weighted by Gasteiger charge is 2.15. The summed E-state index contributed by atoms with van der Waals surface area (Å²) >= 11 is 0. The quantitative estimate of drug-likeness (QED) is 0.361. The van der Waals surface area contributed by atoms with Gasteiger partial charge in [0.1, 0.15) is 6.61 Å². The number of non-ortho nitro benzene ring substituents is 1. The van der Waals surface area contributed by atoms with Crippen molar-refractivity contribution in [3.05, 3.63) is 46.0 Å². The van der Waals surface area contributed by atoms with Gasteiger partial charge in [0.15, 0.2) is 0 Å². The second-order valence-electron chi connectivity index (χ2n) is 4.80. The summed E-state index contributed by atoms with van der Waals surface area (Å²) in [5.41, 5.74) is 0.566. The Balaban J connectivity index is 1.83. The molecule has 1 aliphatic rings. The van der Waals surface area contributed by atoms with Gasteiger partial charge in [0.25, 0.3) is 5.69 Å². The lowest BCUT2D eigenvalue weighted by Crippen LogP contribution is -2.25. The first-order valence-corrected chi connectivity index (χ1v) is 6.86. The minimum atomic E-state index is -0.476. The molecule has 0 aliphatic carbocycles. The highest BCUT2D eigenvalue weighted by Crippen LogP contribution is 2.15. The van der Waals surface area contributed by atoms with Crippen molar-refractivity contribution in [3.63, 3.8) is 0 Å². The summed E-state index contributed by atoms with van der Waals surface area (Å²) in [5, 5.41) is 10.6. The van der Waals surface area contributed by atoms with Crippen LogP contribution in [0.2, 0.25) is 0 Å². The number of nitrogens with zero attached hydrogens (tertiary/aromatic N) is 1. The molecule has 21 heavy (non-hydrogen) atoms. The lowest BCUT2D eigenvalue weighted by atomic mass is 10.1. The number of nitro benzene ring substituents is 1. The van der Waals surface area contributed by atoms with Crippen LogP contribution in [0.15, 0.2) is 30.3 Å². The largest absolute Gasteiger partial charge is 0.460 e. The van der Waals surface area contributed by atoms with Crippen molar-refractivity contribution in [1.82, 2.24) is 0 Å². The van der Waals surface area contributed by atoms with E-state index in [0.29, 0.717) is 12.2 Å². The van der Waals surface area contributed by atoms with E-state index in [1.807, 2.05) is 0 Å². The van der Waals surface area contributed by atoms with Crippen LogP contribution in [0, 0.1) is 10.1 Å². The van der Waals surface area contributed by atoms with Gasteiger partial charge < -0.3 is 9.47 Å². The van der Waals surface area contributed by atoms with Crippen LogP contribution in [-0.4, -0.2) is 30.2 Å². The fourth-order valence-electron chi connectivity index (χ4n) is 2.07. The number of benzene rings is 1. The predicted molar refractivity (Wildman–Crippen MR) is 76.7 cm³/mol. The topological polar surface area (TPSA) is 78.7 Å². The van der Waals surface area contributed by atoms with Crippen molar-refractivity contribution in [2.24, 2.45) is 0 Å². The van der Waals surface area contributed by atoms with Gasteiger partial charge in [-0.15, -0.1) is 0 Å². The van der Waals surface area contributed by atoms with Crippen molar-refractivity contribution in [3.8, 4) is 0 Å². The third-order valence-corrected chi connectivity index (χ3v) is 3.18. The molecule has 2 rings (SSSR count). The number of ether oxygens (including phenoxy) is 2. The standard InChI is InChI=1S/C15H17NO5/c17-15(21-11-14-6-1-2-9-20-14)8-7-12-4-3-5-13(10-12)16(18)19/h3-5,7-8,10,14H,1-2,6,9,11H2. The number of rotatable bonds is 5. The van der Waals surface area contributed by atoms with E-state index < -0.39 is 10.9 Å². The van der Waals surface area contributed by atoms with E-state index in [4.69, 9.17) is 9.47 Å². The molecule has 1 aromatic carbocycles. The first kappa shape index (κ1) is 15.2. The Morgan fingerprint density at radius 2 is 2.33 bits per heavy atom. The van der Waals surface area contributed by atoms with Gasteiger partial charge in [0.05, 0.1) is 11.0 Å². The molecule has 0 bridgehead atoms. The van der Waals surface area contributed by atoms with E-state index in [0.717, 1.165) is 19.3 Å². The summed E-state index contributed by atoms with van der Waals surface area (Å²) in [7, 11) is 0. The van der Waals surface area contributed by atoms with Gasteiger partial charge in [-0.05, 0) is 30.9 Å². The normalized spacial score (nSPS) is 18.6. The summed E-state index contributed by atoms with van der Waals surface area (Å²) in [5.74, 6) is -0.476. The van der Waals surface area contributed by atoms with E-state index in [-0.39, 0.29) is 18.4 Å². The fraction of sp³-hybridized carbons (Fsp3) is 0.400. The number of nitro groups is 1. The van der Waals surface area contributed by atoms with Crippen LogP contribution in [0.3, 0.4) is 0 Å². The Morgan fingerprint density at radius 3 is 3.05 bits per heavy atom. The Kier molecular flexibility index (Phi) is 5.45. The molecule has 0 aromatic heterocycles. The van der Waals surface area contributed by atoms with Crippen LogP contribution in [0.5, 0.6) is 0 Å². The smallest absolute Gasteiger partial charge is 0.330 e. The first-order chi connectivity index (χ1) is 10.1. The average molecular weight is 291 g/mol. The van der Waals surface area contributed by atoms with E-state index in [9.17, 15) is 14.9 Å². The minimum absolute atomic E-state index is 0.0128. The van der Waals surface area contributed by atoms with Gasteiger partial charge in [-0.2, -0.15) is 0 Å². The van der Waals surface area contributed by atoms with E-state index in [2.05, 4.69) is 0 Å². The molecule has 1 atom stereocenters. The summed E-state index contributed by atoms with van der Waals surface area (Å²) in [6.45, 7) is 0.962. The second-order valence-corrected chi connectivity index (χ2v) is 4.80. The fourth-order valence-corrected chi connectivity index (χ4v) is 2.07. The molecule has 1 aromatic rings. The Bertz CT molecular complexity index is 535. The molecule has 1 fully saturated rings. The van der Waals surface area contributed by atoms with Crippen molar-refractivity contribution in [2.45, 2.75) is 25.4 Å². The Hall–Kier alpha value is -2.21. The SMILES string of the molecule is O=C(C=Cc1cccc([N+](=O)[O-])c1)OCC1CCCCO1. The first-order valence-electron chi connectivity index (χ1n) is 6.86. The molecule has 6 nitrogen and oxygen atoms in total. The summed E-state index contributed by atoms with van der Waals surface area (Å²) < 4.78 is 10.6. The molecule has 112 valence electrons. The highest BCUT2D eigenvalue weighted by atomic mass is 16.6. The van der Waals surface area contributed by atoms with Crippen molar-refractivity contribution < 1.29 is 19.2 Å². The second kappa shape index (κ2) is 7.54. The van der Waals surface area contributed by atoms with Crippen molar-refractivity contribution in [1.29, 1.82) is 0 Å². The molecule has 1 unspecified atom stereocenters. The monoisotopic (exact) mass is 291 g/mol. The third kappa shape index (κ3) is 5.00. The maximum absolute atomic E-state index is 11.6. The molecule has 1 heterocycles. The van der Waals surface area contributed by atoms with Crippen LogP contribution in [0.4, 0.5) is 5.69 Å². The van der Waals surface area contributed by atoms with Gasteiger partial charge in [-0.3, -0.25) is 10.1 Å². The van der Waals surface area contributed by atoms with E-state index in [1.165, 1.54) is 24.3 Å². The van der Waals surface area contributed by atoms with Gasteiger partial charge in [-0.25, -0.2) is 4.79 Å². The van der Waals surface area contributed by atoms with Crippen molar-refractivity contribution in [2.75, 3.05) is 13.2 Å². The van der Waals surface area contributed by atoms with Gasteiger partial charge in [-0.1, -0.05) is 12.1 Å². The minimum Gasteiger partial charge on any atom is -0.460 e. The van der Waals surface area contributed by atoms with Crippen LogP contribution < -0.4 is 0 Å². The lowest BCUT2D eigenvalue weighted by Gasteiger charge is -2.21. The zero-order chi connectivity index (χ0) is 15.1. The number of carbonyl (C=O) groups excluding carboxylic acids is 1. The number of hydrogen-bond donors (Lipinski definition) is 0. The molecule has 0 spiro atoms. The van der Waals surface area contributed by atoms with Gasteiger partial charge in [0.2, 0.25) is 0 Å². The van der Waals surface area contributed by atoms with Crippen LogP contribution >= 0.6 is 0 Å². The predicted octanol–water partition coefficient (Wildman–Crippen LogP) is 2.72. The third-order valence-electron chi connectivity index (χ3n) is 3.18. The molecule has 1 aliphatic heterocycles. The zero-order valence-electron chi connectivity index (χ0n) is 11.6. The molecule has 0 radical (unpaired) electrons. The highest BCUT2D eigenvalue weighted by molar-refractivity contribution is 5.87. The summed E-state index contributed by atoms with van der Waals surface area (Å²) in [6.07, 6.45) is 5.79. The van der Waals surface area contributed by atoms with E-state index in [1.54, 1.807) is 12.1 Å². The van der Waals surface area contributed by atoms with Crippen molar-refractivity contribution >= 4 is 17.7 Å². The zero-order valence-corrected chi connectivity index (χ0v) is 11.6. The molecular weight excluding hydrogens is 274 g/mol. The van der Waals surface area contributed by atoms with E-state index >= 15 is 0 Å². The molecule has 0 saturated carbocycles. The maximum atomic E-state index is 11.6. The number of hydrogen-bond acceptors (Lipinski definition) is 5.